The molecular weight excluding hydrogens is 211 g/mol. The highest BCUT2D eigenvalue weighted by molar-refractivity contribution is 5.67. The third-order valence-corrected chi connectivity index (χ3v) is 2.13. The number of alkyl halides is 3. The first-order chi connectivity index (χ1) is 6.77. The van der Waals surface area contributed by atoms with Crippen molar-refractivity contribution in [3.8, 4) is 0 Å². The van der Waals surface area contributed by atoms with Gasteiger partial charge in [0.15, 0.2) is 0 Å². The quantitative estimate of drug-likeness (QED) is 0.730. The minimum absolute atomic E-state index is 0.316. The maximum Gasteiger partial charge on any atom is 0.392 e. The Morgan fingerprint density at radius 2 is 2.00 bits per heavy atom. The van der Waals surface area contributed by atoms with Gasteiger partial charge >= 0.3 is 12.1 Å². The van der Waals surface area contributed by atoms with Crippen LogP contribution in [0.25, 0.3) is 0 Å². The van der Waals surface area contributed by atoms with Crippen LogP contribution in [0.15, 0.2) is 0 Å². The van der Waals surface area contributed by atoms with Gasteiger partial charge in [0.2, 0.25) is 0 Å². The van der Waals surface area contributed by atoms with Crippen molar-refractivity contribution in [2.45, 2.75) is 44.8 Å². The maximum absolute atomic E-state index is 12.4. The topological polar surface area (TPSA) is 63.3 Å². The molecule has 0 radical (unpaired) electrons. The second-order valence-electron chi connectivity index (χ2n) is 3.62. The molecular formula is C9H16F3NO2. The van der Waals surface area contributed by atoms with Crippen molar-refractivity contribution >= 4 is 5.97 Å². The molecule has 0 bridgehead atoms. The van der Waals surface area contributed by atoms with Gasteiger partial charge in [-0.25, -0.2) is 0 Å². The average molecular weight is 227 g/mol. The molecule has 0 aliphatic carbocycles. The van der Waals surface area contributed by atoms with Crippen molar-refractivity contribution < 1.29 is 23.1 Å². The summed E-state index contributed by atoms with van der Waals surface area (Å²) >= 11 is 0. The summed E-state index contributed by atoms with van der Waals surface area (Å²) < 4.78 is 37.1. The molecule has 90 valence electrons. The zero-order valence-electron chi connectivity index (χ0n) is 8.55. The van der Waals surface area contributed by atoms with Gasteiger partial charge in [-0.1, -0.05) is 13.3 Å². The predicted molar refractivity (Wildman–Crippen MR) is 49.3 cm³/mol. The van der Waals surface area contributed by atoms with E-state index in [1.165, 1.54) is 0 Å². The molecule has 0 aromatic carbocycles. The standard InChI is InChI=1S/C9H16F3NO2/c1-2-3-7(13)4-6(5-8(14)15)9(10,11)12/h6-7H,2-5,13H2,1H3,(H,14,15)/t6-,7+/m1/s1. The number of nitrogens with two attached hydrogens (primary N) is 1. The van der Waals surface area contributed by atoms with Crippen LogP contribution in [-0.4, -0.2) is 23.3 Å². The van der Waals surface area contributed by atoms with Crippen molar-refractivity contribution in [1.29, 1.82) is 0 Å². The van der Waals surface area contributed by atoms with Crippen LogP contribution < -0.4 is 5.73 Å². The van der Waals surface area contributed by atoms with Crippen molar-refractivity contribution in [2.24, 2.45) is 11.7 Å². The molecule has 0 aliphatic rings. The summed E-state index contributed by atoms with van der Waals surface area (Å²) in [5, 5.41) is 8.35. The number of halogens is 3. The summed E-state index contributed by atoms with van der Waals surface area (Å²) in [7, 11) is 0. The fourth-order valence-electron chi connectivity index (χ4n) is 1.40. The van der Waals surface area contributed by atoms with Crippen LogP contribution in [0.5, 0.6) is 0 Å². The van der Waals surface area contributed by atoms with Crippen LogP contribution in [0.4, 0.5) is 13.2 Å². The van der Waals surface area contributed by atoms with E-state index in [0.717, 1.165) is 0 Å². The smallest absolute Gasteiger partial charge is 0.392 e. The van der Waals surface area contributed by atoms with Gasteiger partial charge in [-0.3, -0.25) is 4.79 Å². The van der Waals surface area contributed by atoms with Crippen LogP contribution in [0.1, 0.15) is 32.6 Å². The number of carboxylic acids is 1. The van der Waals surface area contributed by atoms with Crippen molar-refractivity contribution in [2.75, 3.05) is 0 Å². The fraction of sp³-hybridized carbons (Fsp3) is 0.889. The van der Waals surface area contributed by atoms with E-state index in [4.69, 9.17) is 10.8 Å². The molecule has 0 heterocycles. The summed E-state index contributed by atoms with van der Waals surface area (Å²) in [5.74, 6) is -3.28. The highest BCUT2D eigenvalue weighted by Crippen LogP contribution is 2.32. The molecule has 0 rings (SSSR count). The molecule has 0 aromatic heterocycles. The lowest BCUT2D eigenvalue weighted by Gasteiger charge is -2.21. The first-order valence-corrected chi connectivity index (χ1v) is 4.81. The molecule has 2 atom stereocenters. The van der Waals surface area contributed by atoms with Gasteiger partial charge in [-0.05, 0) is 12.8 Å². The Morgan fingerprint density at radius 3 is 2.33 bits per heavy atom. The normalized spacial score (nSPS) is 16.1. The highest BCUT2D eigenvalue weighted by Gasteiger charge is 2.41. The highest BCUT2D eigenvalue weighted by atomic mass is 19.4. The first-order valence-electron chi connectivity index (χ1n) is 4.81. The van der Waals surface area contributed by atoms with E-state index in [1.807, 2.05) is 6.92 Å². The van der Waals surface area contributed by atoms with Crippen molar-refractivity contribution in [1.82, 2.24) is 0 Å². The molecule has 0 saturated heterocycles. The molecule has 0 aliphatic heterocycles. The minimum Gasteiger partial charge on any atom is -0.481 e. The Kier molecular flexibility index (Phi) is 5.64. The molecule has 0 saturated carbocycles. The van der Waals surface area contributed by atoms with E-state index < -0.39 is 30.5 Å². The van der Waals surface area contributed by atoms with Gasteiger partial charge in [0.05, 0.1) is 12.3 Å². The SMILES string of the molecule is CCC[C@H](N)C[C@H](CC(=O)O)C(F)(F)F. The zero-order valence-corrected chi connectivity index (χ0v) is 8.55. The number of aliphatic carboxylic acids is 1. The number of hydrogen-bond acceptors (Lipinski definition) is 2. The summed E-state index contributed by atoms with van der Waals surface area (Å²) in [6.07, 6.45) is -4.53. The van der Waals surface area contributed by atoms with Gasteiger partial charge in [0, 0.05) is 6.04 Å². The van der Waals surface area contributed by atoms with E-state index in [0.29, 0.717) is 12.8 Å². The van der Waals surface area contributed by atoms with E-state index in [1.54, 1.807) is 0 Å². The maximum atomic E-state index is 12.4. The summed E-state index contributed by atoms with van der Waals surface area (Å²) in [6.45, 7) is 1.82. The second-order valence-corrected chi connectivity index (χ2v) is 3.62. The largest absolute Gasteiger partial charge is 0.481 e. The molecule has 0 unspecified atom stereocenters. The third-order valence-electron chi connectivity index (χ3n) is 2.13. The lowest BCUT2D eigenvalue weighted by Crippen LogP contribution is -2.32. The molecule has 3 nitrogen and oxygen atoms in total. The zero-order chi connectivity index (χ0) is 12.1. The Labute approximate surface area is 86.5 Å². The molecule has 3 N–H and O–H groups in total. The third kappa shape index (κ3) is 6.33. The van der Waals surface area contributed by atoms with Gasteiger partial charge in [-0.2, -0.15) is 13.2 Å². The van der Waals surface area contributed by atoms with Crippen molar-refractivity contribution in [3.63, 3.8) is 0 Å². The summed E-state index contributed by atoms with van der Waals surface area (Å²) in [4.78, 5) is 10.3. The van der Waals surface area contributed by atoms with E-state index in [-0.39, 0.29) is 6.42 Å². The van der Waals surface area contributed by atoms with Gasteiger partial charge < -0.3 is 10.8 Å². The van der Waals surface area contributed by atoms with Gasteiger partial charge in [0.1, 0.15) is 0 Å². The van der Waals surface area contributed by atoms with Crippen LogP contribution in [-0.2, 0) is 4.79 Å². The first kappa shape index (κ1) is 14.2. The van der Waals surface area contributed by atoms with Crippen LogP contribution in [0, 0.1) is 5.92 Å². The Hall–Kier alpha value is -0.780. The molecule has 0 aromatic rings. The molecule has 0 fully saturated rings. The van der Waals surface area contributed by atoms with E-state index in [2.05, 4.69) is 0 Å². The van der Waals surface area contributed by atoms with Crippen molar-refractivity contribution in [3.05, 3.63) is 0 Å². The van der Waals surface area contributed by atoms with E-state index in [9.17, 15) is 18.0 Å². The Morgan fingerprint density at radius 1 is 1.47 bits per heavy atom. The van der Waals surface area contributed by atoms with Gasteiger partial charge in [0.25, 0.3) is 0 Å². The fourth-order valence-corrected chi connectivity index (χ4v) is 1.40. The number of carboxylic acid groups (broad SMARTS) is 1. The van der Waals surface area contributed by atoms with Crippen LogP contribution in [0.2, 0.25) is 0 Å². The number of carbonyl (C=O) groups is 1. The predicted octanol–water partition coefficient (Wildman–Crippen LogP) is 2.16. The van der Waals surface area contributed by atoms with Crippen LogP contribution >= 0.6 is 0 Å². The molecule has 0 amide bonds. The monoisotopic (exact) mass is 227 g/mol. The Balaban J connectivity index is 4.31. The lowest BCUT2D eigenvalue weighted by molar-refractivity contribution is -0.185. The van der Waals surface area contributed by atoms with Crippen LogP contribution in [0.3, 0.4) is 0 Å². The molecule has 15 heavy (non-hydrogen) atoms. The minimum atomic E-state index is -4.48. The summed E-state index contributed by atoms with van der Waals surface area (Å²) in [5.41, 5.74) is 5.46. The number of hydrogen-bond donors (Lipinski definition) is 2. The number of rotatable bonds is 6. The Bertz CT molecular complexity index is 206. The average Bonchev–Trinajstić information content (AvgIpc) is 2.00. The van der Waals surface area contributed by atoms with Gasteiger partial charge in [-0.15, -0.1) is 0 Å². The lowest BCUT2D eigenvalue weighted by atomic mass is 9.94. The summed E-state index contributed by atoms with van der Waals surface area (Å²) in [6, 6.07) is -0.582. The van der Waals surface area contributed by atoms with E-state index >= 15 is 0 Å². The molecule has 6 heteroatoms. The molecule has 0 spiro atoms. The second kappa shape index (κ2) is 5.95.